The second-order valence-electron chi connectivity index (χ2n) is 5.98. The Kier molecular flexibility index (Phi) is 5.12. The van der Waals surface area contributed by atoms with Gasteiger partial charge in [0.05, 0.1) is 0 Å². The lowest BCUT2D eigenvalue weighted by Gasteiger charge is -2.33. The lowest BCUT2D eigenvalue weighted by molar-refractivity contribution is 0.437. The molecular formula is C16H25ClN2. The van der Waals surface area contributed by atoms with Crippen molar-refractivity contribution in [2.45, 2.75) is 46.2 Å². The average Bonchev–Trinajstić information content (AvgIpc) is 2.38. The number of rotatable bonds is 4. The van der Waals surface area contributed by atoms with Gasteiger partial charge < -0.3 is 10.2 Å². The Morgan fingerprint density at radius 2 is 2.00 bits per heavy atom. The van der Waals surface area contributed by atoms with E-state index in [0.717, 1.165) is 30.6 Å². The minimum Gasteiger partial charge on any atom is -0.371 e. The molecule has 19 heavy (non-hydrogen) atoms. The molecule has 0 aliphatic carbocycles. The Hall–Kier alpha value is -0.730. The summed E-state index contributed by atoms with van der Waals surface area (Å²) in [7, 11) is 0. The number of nitrogens with zero attached hydrogens (tertiary/aromatic N) is 1. The van der Waals surface area contributed by atoms with Gasteiger partial charge in [-0.1, -0.05) is 32.4 Å². The van der Waals surface area contributed by atoms with Crippen LogP contribution in [0.4, 0.5) is 5.69 Å². The highest BCUT2D eigenvalue weighted by atomic mass is 35.5. The van der Waals surface area contributed by atoms with Crippen molar-refractivity contribution >= 4 is 17.3 Å². The minimum absolute atomic E-state index is 0.494. The summed E-state index contributed by atoms with van der Waals surface area (Å²) in [5, 5.41) is 4.32. The Balaban J connectivity index is 2.14. The average molecular weight is 281 g/mol. The highest BCUT2D eigenvalue weighted by Gasteiger charge is 2.18. The van der Waals surface area contributed by atoms with Gasteiger partial charge in [0.25, 0.3) is 0 Å². The Bertz CT molecular complexity index is 409. The number of nitrogens with one attached hydrogen (secondary N) is 1. The van der Waals surface area contributed by atoms with E-state index in [1.807, 2.05) is 6.07 Å². The van der Waals surface area contributed by atoms with E-state index in [2.05, 4.69) is 43.1 Å². The van der Waals surface area contributed by atoms with E-state index in [-0.39, 0.29) is 0 Å². The monoisotopic (exact) mass is 280 g/mol. The molecule has 106 valence electrons. The molecule has 1 aromatic carbocycles. The zero-order valence-electron chi connectivity index (χ0n) is 12.2. The Morgan fingerprint density at radius 3 is 2.63 bits per heavy atom. The first-order valence-corrected chi connectivity index (χ1v) is 7.71. The molecule has 3 heteroatoms. The zero-order chi connectivity index (χ0) is 13.8. The summed E-state index contributed by atoms with van der Waals surface area (Å²) in [6.07, 6.45) is 2.58. The van der Waals surface area contributed by atoms with Crippen molar-refractivity contribution in [1.29, 1.82) is 0 Å². The predicted octanol–water partition coefficient (Wildman–Crippen LogP) is 4.07. The topological polar surface area (TPSA) is 15.3 Å². The minimum atomic E-state index is 0.494. The summed E-state index contributed by atoms with van der Waals surface area (Å²) in [6.45, 7) is 9.91. The Morgan fingerprint density at radius 1 is 1.32 bits per heavy atom. The third kappa shape index (κ3) is 4.12. The van der Waals surface area contributed by atoms with Gasteiger partial charge in [-0.15, -0.1) is 0 Å². The van der Waals surface area contributed by atoms with Gasteiger partial charge in [-0.3, -0.25) is 0 Å². The number of benzene rings is 1. The van der Waals surface area contributed by atoms with Crippen LogP contribution in [0.3, 0.4) is 0 Å². The normalized spacial score (nSPS) is 17.2. The van der Waals surface area contributed by atoms with E-state index in [1.54, 1.807) is 0 Å². The highest BCUT2D eigenvalue weighted by Crippen LogP contribution is 2.28. The number of halogens is 1. The smallest absolute Gasteiger partial charge is 0.0412 e. The molecule has 0 aromatic heterocycles. The molecule has 1 aliphatic heterocycles. The van der Waals surface area contributed by atoms with Crippen molar-refractivity contribution in [3.63, 3.8) is 0 Å². The first-order valence-electron chi connectivity index (χ1n) is 7.33. The fraction of sp³-hybridized carbons (Fsp3) is 0.625. The maximum atomic E-state index is 6.15. The highest BCUT2D eigenvalue weighted by molar-refractivity contribution is 6.30. The molecule has 0 spiro atoms. The van der Waals surface area contributed by atoms with Crippen molar-refractivity contribution < 1.29 is 0 Å². The van der Waals surface area contributed by atoms with E-state index in [9.17, 15) is 0 Å². The number of hydrogen-bond donors (Lipinski definition) is 1. The van der Waals surface area contributed by atoms with Gasteiger partial charge in [0, 0.05) is 36.4 Å². The summed E-state index contributed by atoms with van der Waals surface area (Å²) in [4.78, 5) is 2.51. The van der Waals surface area contributed by atoms with Gasteiger partial charge in [-0.25, -0.2) is 0 Å². The molecular weight excluding hydrogens is 256 g/mol. The lowest BCUT2D eigenvalue weighted by atomic mass is 9.98. The molecule has 2 rings (SSSR count). The van der Waals surface area contributed by atoms with Gasteiger partial charge >= 0.3 is 0 Å². The molecule has 0 unspecified atom stereocenters. The van der Waals surface area contributed by atoms with Crippen LogP contribution in [0, 0.1) is 5.92 Å². The van der Waals surface area contributed by atoms with Crippen LogP contribution in [0.25, 0.3) is 0 Å². The summed E-state index contributed by atoms with van der Waals surface area (Å²) in [5.41, 5.74) is 2.67. The predicted molar refractivity (Wildman–Crippen MR) is 84.0 cm³/mol. The molecule has 0 bridgehead atoms. The van der Waals surface area contributed by atoms with Crippen molar-refractivity contribution in [3.05, 3.63) is 28.8 Å². The van der Waals surface area contributed by atoms with E-state index in [4.69, 9.17) is 11.6 Å². The molecule has 1 heterocycles. The van der Waals surface area contributed by atoms with Crippen LogP contribution >= 0.6 is 11.6 Å². The van der Waals surface area contributed by atoms with Gasteiger partial charge in [0.2, 0.25) is 0 Å². The first-order chi connectivity index (χ1) is 9.06. The van der Waals surface area contributed by atoms with Crippen LogP contribution in [-0.4, -0.2) is 19.1 Å². The van der Waals surface area contributed by atoms with Crippen molar-refractivity contribution in [2.75, 3.05) is 18.0 Å². The van der Waals surface area contributed by atoms with Crippen molar-refractivity contribution in [1.82, 2.24) is 5.32 Å². The third-order valence-corrected chi connectivity index (χ3v) is 4.10. The van der Waals surface area contributed by atoms with E-state index in [1.165, 1.54) is 24.1 Å². The molecule has 0 amide bonds. The van der Waals surface area contributed by atoms with Gasteiger partial charge in [0.1, 0.15) is 0 Å². The molecule has 0 radical (unpaired) electrons. The number of anilines is 1. The van der Waals surface area contributed by atoms with Gasteiger partial charge in [-0.05, 0) is 42.5 Å². The first kappa shape index (κ1) is 14.7. The van der Waals surface area contributed by atoms with Gasteiger partial charge in [0.15, 0.2) is 0 Å². The number of piperidine rings is 1. The quantitative estimate of drug-likeness (QED) is 0.894. The molecule has 1 aliphatic rings. The summed E-state index contributed by atoms with van der Waals surface area (Å²) in [5.74, 6) is 0.862. The molecule has 2 nitrogen and oxygen atoms in total. The van der Waals surface area contributed by atoms with E-state index >= 15 is 0 Å². The maximum Gasteiger partial charge on any atom is 0.0412 e. The molecule has 0 atom stereocenters. The fourth-order valence-electron chi connectivity index (χ4n) is 2.57. The Labute approximate surface area is 122 Å². The molecule has 0 saturated carbocycles. The largest absolute Gasteiger partial charge is 0.371 e. The van der Waals surface area contributed by atoms with Crippen LogP contribution in [-0.2, 0) is 6.54 Å². The van der Waals surface area contributed by atoms with Crippen LogP contribution < -0.4 is 10.2 Å². The number of hydrogen-bond acceptors (Lipinski definition) is 2. The van der Waals surface area contributed by atoms with Crippen molar-refractivity contribution in [2.24, 2.45) is 5.92 Å². The third-order valence-electron chi connectivity index (χ3n) is 3.87. The summed E-state index contributed by atoms with van der Waals surface area (Å²) >= 11 is 6.15. The molecule has 1 fully saturated rings. The fourth-order valence-corrected chi connectivity index (χ4v) is 2.76. The summed E-state index contributed by atoms with van der Waals surface area (Å²) in [6, 6.07) is 6.78. The van der Waals surface area contributed by atoms with Crippen molar-refractivity contribution in [3.8, 4) is 0 Å². The SMILES string of the molecule is CC1CCN(c2ccc(Cl)cc2CNC(C)C)CC1. The zero-order valence-corrected chi connectivity index (χ0v) is 13.0. The second kappa shape index (κ2) is 6.62. The maximum absolute atomic E-state index is 6.15. The molecule has 1 aromatic rings. The van der Waals surface area contributed by atoms with E-state index in [0.29, 0.717) is 6.04 Å². The molecule has 1 saturated heterocycles. The van der Waals surface area contributed by atoms with Crippen LogP contribution in [0.1, 0.15) is 39.2 Å². The van der Waals surface area contributed by atoms with Crippen LogP contribution in [0.15, 0.2) is 18.2 Å². The lowest BCUT2D eigenvalue weighted by Crippen LogP contribution is -2.34. The van der Waals surface area contributed by atoms with Crippen LogP contribution in [0.2, 0.25) is 5.02 Å². The van der Waals surface area contributed by atoms with Crippen LogP contribution in [0.5, 0.6) is 0 Å². The second-order valence-corrected chi connectivity index (χ2v) is 6.41. The van der Waals surface area contributed by atoms with Gasteiger partial charge in [-0.2, -0.15) is 0 Å². The standard InChI is InChI=1S/C16H25ClN2/c1-12(2)18-11-14-10-15(17)4-5-16(14)19-8-6-13(3)7-9-19/h4-5,10,12-13,18H,6-9,11H2,1-3H3. The van der Waals surface area contributed by atoms with E-state index < -0.39 is 0 Å². The molecule has 1 N–H and O–H groups in total. The summed E-state index contributed by atoms with van der Waals surface area (Å²) < 4.78 is 0.